The quantitative estimate of drug-likeness (QED) is 0.643. The van der Waals surface area contributed by atoms with Gasteiger partial charge >= 0.3 is 0 Å². The van der Waals surface area contributed by atoms with Crippen LogP contribution in [0.4, 0.5) is 0 Å². The van der Waals surface area contributed by atoms with Crippen LogP contribution in [0, 0.1) is 0 Å². The number of hydrogen-bond acceptors (Lipinski definition) is 5. The Hall–Kier alpha value is -0.990. The molecule has 0 aliphatic carbocycles. The summed E-state index contributed by atoms with van der Waals surface area (Å²) >= 11 is 0. The fraction of sp³-hybridized carbons (Fsp3) is 0.800. The fourth-order valence-electron chi connectivity index (χ4n) is 2.07. The number of piperidine rings is 1. The number of H-pyrrole nitrogens is 1. The van der Waals surface area contributed by atoms with E-state index >= 15 is 0 Å². The van der Waals surface area contributed by atoms with Gasteiger partial charge in [-0.3, -0.25) is 5.10 Å². The Balaban J connectivity index is 1.73. The van der Waals surface area contributed by atoms with Crippen molar-refractivity contribution in [2.45, 2.75) is 31.7 Å². The van der Waals surface area contributed by atoms with Crippen molar-refractivity contribution < 1.29 is 8.42 Å². The van der Waals surface area contributed by atoms with Crippen LogP contribution in [0.2, 0.25) is 0 Å². The summed E-state index contributed by atoms with van der Waals surface area (Å²) in [6.07, 6.45) is 5.11. The van der Waals surface area contributed by atoms with Crippen LogP contribution in [0.5, 0.6) is 0 Å². The van der Waals surface area contributed by atoms with Gasteiger partial charge in [0.25, 0.3) is 0 Å². The van der Waals surface area contributed by atoms with Gasteiger partial charge in [-0.1, -0.05) is 6.42 Å². The van der Waals surface area contributed by atoms with E-state index in [1.165, 1.54) is 6.33 Å². The van der Waals surface area contributed by atoms with E-state index < -0.39 is 10.0 Å². The molecule has 1 aromatic heterocycles. The molecule has 102 valence electrons. The van der Waals surface area contributed by atoms with E-state index in [0.29, 0.717) is 18.8 Å². The number of aromatic amines is 1. The number of rotatable bonds is 6. The van der Waals surface area contributed by atoms with Crippen molar-refractivity contribution in [1.82, 2.24) is 25.2 Å². The van der Waals surface area contributed by atoms with E-state index in [-0.39, 0.29) is 11.8 Å². The molecule has 2 rings (SSSR count). The third-order valence-corrected chi connectivity index (χ3v) is 4.47. The molecule has 0 radical (unpaired) electrons. The molecule has 1 fully saturated rings. The highest BCUT2D eigenvalue weighted by Crippen LogP contribution is 2.08. The lowest BCUT2D eigenvalue weighted by Crippen LogP contribution is -2.43. The zero-order chi connectivity index (χ0) is 12.8. The lowest BCUT2D eigenvalue weighted by molar-refractivity contribution is 0.422. The molecule has 1 atom stereocenters. The minimum atomic E-state index is -3.21. The van der Waals surface area contributed by atoms with Crippen LogP contribution < -0.4 is 10.0 Å². The van der Waals surface area contributed by atoms with Gasteiger partial charge in [0.2, 0.25) is 10.0 Å². The summed E-state index contributed by atoms with van der Waals surface area (Å²) in [6, 6.07) is 0.0847. The van der Waals surface area contributed by atoms with Gasteiger partial charge in [0, 0.05) is 19.0 Å². The predicted octanol–water partition coefficient (Wildman–Crippen LogP) is -0.591. The summed E-state index contributed by atoms with van der Waals surface area (Å²) in [5.41, 5.74) is 0. The van der Waals surface area contributed by atoms with Crippen molar-refractivity contribution in [1.29, 1.82) is 0 Å². The first-order chi connectivity index (χ1) is 8.66. The zero-order valence-electron chi connectivity index (χ0n) is 10.2. The second kappa shape index (κ2) is 6.26. The van der Waals surface area contributed by atoms with Crippen LogP contribution >= 0.6 is 0 Å². The van der Waals surface area contributed by atoms with E-state index in [1.807, 2.05) is 0 Å². The molecule has 0 saturated carbocycles. The normalized spacial score (nSPS) is 21.0. The maximum Gasteiger partial charge on any atom is 0.213 e. The first-order valence-electron chi connectivity index (χ1n) is 6.21. The molecular weight excluding hydrogens is 254 g/mol. The second-order valence-electron chi connectivity index (χ2n) is 4.50. The first-order valence-corrected chi connectivity index (χ1v) is 7.86. The largest absolute Gasteiger partial charge is 0.313 e. The fourth-order valence-corrected chi connectivity index (χ4v) is 3.41. The number of aromatic nitrogens is 3. The summed E-state index contributed by atoms with van der Waals surface area (Å²) in [7, 11) is -3.21. The summed E-state index contributed by atoms with van der Waals surface area (Å²) in [4.78, 5) is 3.94. The van der Waals surface area contributed by atoms with Gasteiger partial charge in [0.15, 0.2) is 0 Å². The van der Waals surface area contributed by atoms with Crippen molar-refractivity contribution in [2.24, 2.45) is 0 Å². The maximum absolute atomic E-state index is 11.8. The second-order valence-corrected chi connectivity index (χ2v) is 6.36. The summed E-state index contributed by atoms with van der Waals surface area (Å²) < 4.78 is 26.2. The monoisotopic (exact) mass is 273 g/mol. The Morgan fingerprint density at radius 3 is 3.00 bits per heavy atom. The molecule has 8 heteroatoms. The van der Waals surface area contributed by atoms with E-state index in [4.69, 9.17) is 0 Å². The molecule has 18 heavy (non-hydrogen) atoms. The molecular formula is C10H19N5O2S. The smallest absolute Gasteiger partial charge is 0.213 e. The lowest BCUT2D eigenvalue weighted by atomic mass is 10.1. The van der Waals surface area contributed by atoms with Crippen LogP contribution in [0.3, 0.4) is 0 Å². The van der Waals surface area contributed by atoms with E-state index in [1.54, 1.807) is 0 Å². The summed E-state index contributed by atoms with van der Waals surface area (Å²) in [5, 5.41) is 9.64. The summed E-state index contributed by atoms with van der Waals surface area (Å²) in [6.45, 7) is 1.27. The number of hydrogen-bond donors (Lipinski definition) is 3. The average Bonchev–Trinajstić information content (AvgIpc) is 2.82. The first kappa shape index (κ1) is 13.4. The SMILES string of the molecule is O=S(=O)(CC1CCCCN1)NCCc1ncn[nH]1. The molecule has 0 bridgehead atoms. The molecule has 0 amide bonds. The maximum atomic E-state index is 11.8. The molecule has 1 unspecified atom stereocenters. The average molecular weight is 273 g/mol. The third kappa shape index (κ3) is 4.35. The number of nitrogens with zero attached hydrogens (tertiary/aromatic N) is 2. The van der Waals surface area contributed by atoms with Crippen molar-refractivity contribution in [2.75, 3.05) is 18.8 Å². The number of nitrogens with one attached hydrogen (secondary N) is 3. The van der Waals surface area contributed by atoms with Gasteiger partial charge in [0.1, 0.15) is 12.2 Å². The molecule has 1 aromatic rings. The highest BCUT2D eigenvalue weighted by Gasteiger charge is 2.20. The highest BCUT2D eigenvalue weighted by molar-refractivity contribution is 7.89. The Morgan fingerprint density at radius 2 is 2.33 bits per heavy atom. The van der Waals surface area contributed by atoms with E-state index in [0.717, 1.165) is 25.8 Å². The summed E-state index contributed by atoms with van der Waals surface area (Å²) in [5.74, 6) is 0.845. The molecule has 7 nitrogen and oxygen atoms in total. The van der Waals surface area contributed by atoms with E-state index in [9.17, 15) is 8.42 Å². The van der Waals surface area contributed by atoms with Gasteiger partial charge in [-0.15, -0.1) is 0 Å². The van der Waals surface area contributed by atoms with Gasteiger partial charge in [-0.25, -0.2) is 18.1 Å². The van der Waals surface area contributed by atoms with Gasteiger partial charge in [0.05, 0.1) is 5.75 Å². The van der Waals surface area contributed by atoms with Gasteiger partial charge < -0.3 is 5.32 Å². The van der Waals surface area contributed by atoms with Crippen LogP contribution in [0.15, 0.2) is 6.33 Å². The minimum Gasteiger partial charge on any atom is -0.313 e. The molecule has 3 N–H and O–H groups in total. The molecule has 0 spiro atoms. The predicted molar refractivity (Wildman–Crippen MR) is 67.5 cm³/mol. The van der Waals surface area contributed by atoms with Crippen molar-refractivity contribution in [3.8, 4) is 0 Å². The van der Waals surface area contributed by atoms with Crippen LogP contribution in [0.25, 0.3) is 0 Å². The van der Waals surface area contributed by atoms with E-state index in [2.05, 4.69) is 25.2 Å². The standard InChI is InChI=1S/C10H19N5O2S/c16-18(17,7-9-3-1-2-5-11-9)14-6-4-10-12-8-13-15-10/h8-9,11,14H,1-7H2,(H,12,13,15). The van der Waals surface area contributed by atoms with Crippen molar-refractivity contribution >= 4 is 10.0 Å². The molecule has 0 aromatic carbocycles. The van der Waals surface area contributed by atoms with Crippen molar-refractivity contribution in [3.05, 3.63) is 12.2 Å². The number of sulfonamides is 1. The van der Waals surface area contributed by atoms with Crippen LogP contribution in [0.1, 0.15) is 25.1 Å². The Bertz CT molecular complexity index is 439. The molecule has 1 aliphatic rings. The van der Waals surface area contributed by atoms with Crippen molar-refractivity contribution in [3.63, 3.8) is 0 Å². The van der Waals surface area contributed by atoms with Crippen LogP contribution in [-0.4, -0.2) is 48.5 Å². The van der Waals surface area contributed by atoms with Crippen LogP contribution in [-0.2, 0) is 16.4 Å². The topological polar surface area (TPSA) is 99.8 Å². The Morgan fingerprint density at radius 1 is 1.44 bits per heavy atom. The zero-order valence-corrected chi connectivity index (χ0v) is 11.0. The van der Waals surface area contributed by atoms with Gasteiger partial charge in [-0.2, -0.15) is 5.10 Å². The Labute approximate surface area is 107 Å². The molecule has 2 heterocycles. The lowest BCUT2D eigenvalue weighted by Gasteiger charge is -2.23. The molecule has 1 aliphatic heterocycles. The molecule has 1 saturated heterocycles. The minimum absolute atomic E-state index is 0.0847. The highest BCUT2D eigenvalue weighted by atomic mass is 32.2. The van der Waals surface area contributed by atoms with Gasteiger partial charge in [-0.05, 0) is 19.4 Å². The third-order valence-electron chi connectivity index (χ3n) is 2.98. The Kier molecular flexibility index (Phi) is 4.67.